The quantitative estimate of drug-likeness (QED) is 0.808. The SMILES string of the molecule is CCCCOCC(=O)N1CC(C(=O)O)c2ccccc21. The average molecular weight is 277 g/mol. The van der Waals surface area contributed by atoms with Gasteiger partial charge < -0.3 is 14.7 Å². The molecule has 20 heavy (non-hydrogen) atoms. The normalized spacial score (nSPS) is 17.1. The number of benzene rings is 1. The Morgan fingerprint density at radius 3 is 2.85 bits per heavy atom. The van der Waals surface area contributed by atoms with Gasteiger partial charge in [0, 0.05) is 18.8 Å². The van der Waals surface area contributed by atoms with Crippen molar-refractivity contribution in [1.29, 1.82) is 0 Å². The molecule has 1 atom stereocenters. The van der Waals surface area contributed by atoms with E-state index in [1.165, 1.54) is 4.90 Å². The number of carbonyl (C=O) groups excluding carboxylic acids is 1. The molecule has 108 valence electrons. The maximum absolute atomic E-state index is 12.1. The van der Waals surface area contributed by atoms with Crippen LogP contribution in [0.15, 0.2) is 24.3 Å². The molecule has 1 N–H and O–H groups in total. The highest BCUT2D eigenvalue weighted by molar-refractivity contribution is 5.99. The number of ether oxygens (including phenoxy) is 1. The molecule has 1 aliphatic rings. The number of hydrogen-bond donors (Lipinski definition) is 1. The largest absolute Gasteiger partial charge is 0.481 e. The molecule has 0 saturated carbocycles. The summed E-state index contributed by atoms with van der Waals surface area (Å²) in [4.78, 5) is 24.9. The Labute approximate surface area is 118 Å². The summed E-state index contributed by atoms with van der Waals surface area (Å²) >= 11 is 0. The summed E-state index contributed by atoms with van der Waals surface area (Å²) in [5.41, 5.74) is 1.38. The number of hydrogen-bond acceptors (Lipinski definition) is 3. The Morgan fingerprint density at radius 2 is 2.15 bits per heavy atom. The van der Waals surface area contributed by atoms with Crippen LogP contribution in [0.5, 0.6) is 0 Å². The first kappa shape index (κ1) is 14.5. The number of carboxylic acids is 1. The standard InChI is InChI=1S/C15H19NO4/c1-2-3-8-20-10-14(17)16-9-12(15(18)19)11-6-4-5-7-13(11)16/h4-7,12H,2-3,8-10H2,1H3,(H,18,19). The Morgan fingerprint density at radius 1 is 1.40 bits per heavy atom. The fourth-order valence-electron chi connectivity index (χ4n) is 2.34. The van der Waals surface area contributed by atoms with E-state index in [0.717, 1.165) is 12.8 Å². The molecule has 0 saturated heterocycles. The monoisotopic (exact) mass is 277 g/mol. The molecule has 1 aromatic carbocycles. The number of amides is 1. The summed E-state index contributed by atoms with van der Waals surface area (Å²) in [6, 6.07) is 7.14. The number of para-hydroxylation sites is 1. The van der Waals surface area contributed by atoms with Gasteiger partial charge in [-0.05, 0) is 18.1 Å². The first-order chi connectivity index (χ1) is 9.65. The van der Waals surface area contributed by atoms with Gasteiger partial charge in [-0.3, -0.25) is 9.59 Å². The fraction of sp³-hybridized carbons (Fsp3) is 0.467. The van der Waals surface area contributed by atoms with Gasteiger partial charge in [0.1, 0.15) is 12.5 Å². The summed E-state index contributed by atoms with van der Waals surface area (Å²) in [6.45, 7) is 2.80. The first-order valence-electron chi connectivity index (χ1n) is 6.85. The summed E-state index contributed by atoms with van der Waals surface area (Å²) in [7, 11) is 0. The zero-order valence-corrected chi connectivity index (χ0v) is 11.5. The van der Waals surface area contributed by atoms with Gasteiger partial charge >= 0.3 is 5.97 Å². The number of fused-ring (bicyclic) bond motifs is 1. The molecule has 5 heteroatoms. The second-order valence-corrected chi connectivity index (χ2v) is 4.86. The third kappa shape index (κ3) is 2.99. The van der Waals surface area contributed by atoms with E-state index in [1.54, 1.807) is 24.3 Å². The van der Waals surface area contributed by atoms with Crippen LogP contribution in [0, 0.1) is 0 Å². The Hall–Kier alpha value is -1.88. The molecule has 5 nitrogen and oxygen atoms in total. The summed E-state index contributed by atoms with van der Waals surface area (Å²) in [5, 5.41) is 9.24. The minimum absolute atomic E-state index is 0.000668. The van der Waals surface area contributed by atoms with Gasteiger partial charge in [-0.15, -0.1) is 0 Å². The molecular formula is C15H19NO4. The maximum Gasteiger partial charge on any atom is 0.312 e. The van der Waals surface area contributed by atoms with Gasteiger partial charge in [-0.25, -0.2) is 0 Å². The zero-order valence-electron chi connectivity index (χ0n) is 11.5. The molecule has 0 aromatic heterocycles. The van der Waals surface area contributed by atoms with E-state index in [2.05, 4.69) is 6.92 Å². The third-order valence-electron chi connectivity index (χ3n) is 3.44. The van der Waals surface area contributed by atoms with Crippen molar-refractivity contribution >= 4 is 17.6 Å². The third-order valence-corrected chi connectivity index (χ3v) is 3.44. The molecule has 1 heterocycles. The zero-order chi connectivity index (χ0) is 14.5. The first-order valence-corrected chi connectivity index (χ1v) is 6.85. The van der Waals surface area contributed by atoms with Gasteiger partial charge in [0.15, 0.2) is 0 Å². The van der Waals surface area contributed by atoms with Crippen molar-refractivity contribution in [3.63, 3.8) is 0 Å². The number of carboxylic acid groups (broad SMARTS) is 1. The van der Waals surface area contributed by atoms with Crippen molar-refractivity contribution in [3.8, 4) is 0 Å². The van der Waals surface area contributed by atoms with E-state index in [4.69, 9.17) is 4.74 Å². The van der Waals surface area contributed by atoms with Crippen molar-refractivity contribution < 1.29 is 19.4 Å². The van der Waals surface area contributed by atoms with Gasteiger partial charge in [0.25, 0.3) is 5.91 Å². The summed E-state index contributed by atoms with van der Waals surface area (Å²) in [6.07, 6.45) is 1.93. The smallest absolute Gasteiger partial charge is 0.312 e. The molecule has 2 rings (SSSR count). The lowest BCUT2D eigenvalue weighted by atomic mass is 10.0. The maximum atomic E-state index is 12.1. The number of nitrogens with zero attached hydrogens (tertiary/aromatic N) is 1. The molecule has 0 bridgehead atoms. The molecule has 1 amide bonds. The van der Waals surface area contributed by atoms with Crippen LogP contribution in [0.25, 0.3) is 0 Å². The van der Waals surface area contributed by atoms with Crippen molar-refractivity contribution in [2.45, 2.75) is 25.7 Å². The van der Waals surface area contributed by atoms with E-state index in [9.17, 15) is 14.7 Å². The lowest BCUT2D eigenvalue weighted by Gasteiger charge is -2.17. The number of carbonyl (C=O) groups is 2. The van der Waals surface area contributed by atoms with Crippen molar-refractivity contribution in [2.75, 3.05) is 24.7 Å². The van der Waals surface area contributed by atoms with Crippen LogP contribution in [-0.2, 0) is 14.3 Å². The van der Waals surface area contributed by atoms with E-state index < -0.39 is 11.9 Å². The van der Waals surface area contributed by atoms with Gasteiger partial charge in [0.05, 0.1) is 0 Å². The number of rotatable bonds is 6. The second kappa shape index (κ2) is 6.52. The van der Waals surface area contributed by atoms with Gasteiger partial charge in [-0.2, -0.15) is 0 Å². The second-order valence-electron chi connectivity index (χ2n) is 4.86. The molecule has 0 radical (unpaired) electrons. The summed E-state index contributed by atoms with van der Waals surface area (Å²) in [5.74, 6) is -1.73. The molecule has 1 aromatic rings. The highest BCUT2D eigenvalue weighted by Crippen LogP contribution is 2.36. The number of anilines is 1. The van der Waals surface area contributed by atoms with Crippen LogP contribution < -0.4 is 4.90 Å². The van der Waals surface area contributed by atoms with E-state index >= 15 is 0 Å². The van der Waals surface area contributed by atoms with Crippen molar-refractivity contribution in [2.24, 2.45) is 0 Å². The van der Waals surface area contributed by atoms with Crippen molar-refractivity contribution in [1.82, 2.24) is 0 Å². The molecule has 0 fully saturated rings. The van der Waals surface area contributed by atoms with Crippen LogP contribution in [0.3, 0.4) is 0 Å². The predicted octanol–water partition coefficient (Wildman–Crippen LogP) is 2.02. The van der Waals surface area contributed by atoms with Crippen LogP contribution >= 0.6 is 0 Å². The topological polar surface area (TPSA) is 66.8 Å². The van der Waals surface area contributed by atoms with Crippen LogP contribution in [0.1, 0.15) is 31.2 Å². The van der Waals surface area contributed by atoms with Crippen molar-refractivity contribution in [3.05, 3.63) is 29.8 Å². The van der Waals surface area contributed by atoms with Gasteiger partial charge in [0.2, 0.25) is 0 Å². The Kier molecular flexibility index (Phi) is 4.74. The summed E-state index contributed by atoms with van der Waals surface area (Å²) < 4.78 is 5.32. The van der Waals surface area contributed by atoms with Crippen LogP contribution in [0.4, 0.5) is 5.69 Å². The van der Waals surface area contributed by atoms with E-state index in [0.29, 0.717) is 17.9 Å². The molecule has 1 aliphatic heterocycles. The molecular weight excluding hydrogens is 258 g/mol. The van der Waals surface area contributed by atoms with Crippen LogP contribution in [0.2, 0.25) is 0 Å². The predicted molar refractivity (Wildman–Crippen MR) is 74.9 cm³/mol. The minimum Gasteiger partial charge on any atom is -0.481 e. The minimum atomic E-state index is -0.903. The van der Waals surface area contributed by atoms with E-state index in [1.807, 2.05) is 0 Å². The molecule has 0 aliphatic carbocycles. The molecule has 1 unspecified atom stereocenters. The van der Waals surface area contributed by atoms with Gasteiger partial charge in [-0.1, -0.05) is 31.5 Å². The Balaban J connectivity index is 2.06. The average Bonchev–Trinajstić information content (AvgIpc) is 2.83. The number of unbranched alkanes of at least 4 members (excludes halogenated alkanes) is 1. The van der Waals surface area contributed by atoms with Crippen LogP contribution in [-0.4, -0.2) is 36.7 Å². The fourth-order valence-corrected chi connectivity index (χ4v) is 2.34. The highest BCUT2D eigenvalue weighted by atomic mass is 16.5. The molecule has 0 spiro atoms. The Bertz CT molecular complexity index is 500. The number of aliphatic carboxylic acids is 1. The van der Waals surface area contributed by atoms with E-state index in [-0.39, 0.29) is 19.1 Å². The lowest BCUT2D eigenvalue weighted by molar-refractivity contribution is -0.138. The highest BCUT2D eigenvalue weighted by Gasteiger charge is 2.36. The lowest BCUT2D eigenvalue weighted by Crippen LogP contribution is -2.34.